The van der Waals surface area contributed by atoms with E-state index in [1.54, 1.807) is 6.20 Å². The highest BCUT2D eigenvalue weighted by atomic mass is 31.2. The van der Waals surface area contributed by atoms with Crippen LogP contribution in [0.2, 0.25) is 0 Å². The maximum Gasteiger partial charge on any atom is 0.174 e. The molecule has 172 valence electrons. The molecule has 36 heavy (non-hydrogen) atoms. The third kappa shape index (κ3) is 2.73. The Morgan fingerprint density at radius 1 is 0.472 bits per heavy atom. The number of hydrogen-bond acceptors (Lipinski definition) is 3. The Morgan fingerprint density at radius 2 is 0.972 bits per heavy atom. The van der Waals surface area contributed by atoms with E-state index in [2.05, 4.69) is 0 Å². The van der Waals surface area contributed by atoms with E-state index in [9.17, 15) is 0 Å². The van der Waals surface area contributed by atoms with Crippen LogP contribution in [0.5, 0.6) is 0 Å². The molecule has 0 aliphatic carbocycles. The Balaban J connectivity index is 1.71. The second-order valence-corrected chi connectivity index (χ2v) is 14.4. The minimum atomic E-state index is -3.31. The summed E-state index contributed by atoms with van der Waals surface area (Å²) in [6.45, 7) is 0. The zero-order valence-corrected chi connectivity index (χ0v) is 21.1. The van der Waals surface area contributed by atoms with E-state index in [1.165, 1.54) is 0 Å². The van der Waals surface area contributed by atoms with Crippen molar-refractivity contribution in [1.82, 2.24) is 4.98 Å². The maximum absolute atomic E-state index is 15.5. The normalized spacial score (nSPS) is 21.7. The van der Waals surface area contributed by atoms with Crippen molar-refractivity contribution >= 4 is 51.7 Å². The molecule has 2 unspecified atom stereocenters. The molecule has 5 aromatic rings. The lowest BCUT2D eigenvalue weighted by Gasteiger charge is -2.24. The Morgan fingerprint density at radius 3 is 1.64 bits per heavy atom. The Kier molecular flexibility index (Phi) is 4.70. The van der Waals surface area contributed by atoms with Crippen molar-refractivity contribution < 1.29 is 9.13 Å². The number of benzene rings is 4. The van der Waals surface area contributed by atoms with Gasteiger partial charge in [0.05, 0.1) is 5.69 Å². The standard InChI is InChI=1S/C31H21NO2P2/c33-35(22-12-3-1-4-13-22)26-18-9-7-16-24(26)29-30-28(20-11-21-32-30)36(34,23-14-5-2-6-15-23)31(29)25-17-8-10-19-27(25)35/h1-21H. The van der Waals surface area contributed by atoms with Gasteiger partial charge in [-0.25, -0.2) is 0 Å². The van der Waals surface area contributed by atoms with Crippen LogP contribution in [0.3, 0.4) is 0 Å². The van der Waals surface area contributed by atoms with Crippen LogP contribution in [-0.2, 0) is 9.13 Å². The van der Waals surface area contributed by atoms with Crippen molar-refractivity contribution in [1.29, 1.82) is 0 Å². The monoisotopic (exact) mass is 501 g/mol. The van der Waals surface area contributed by atoms with E-state index in [1.807, 2.05) is 121 Å². The molecule has 3 nitrogen and oxygen atoms in total. The highest BCUT2D eigenvalue weighted by Crippen LogP contribution is 2.67. The van der Waals surface area contributed by atoms with Gasteiger partial charge < -0.3 is 9.13 Å². The first-order valence-corrected chi connectivity index (χ1v) is 15.3. The van der Waals surface area contributed by atoms with Crippen LogP contribution in [0.1, 0.15) is 16.8 Å². The molecule has 0 amide bonds. The van der Waals surface area contributed by atoms with Crippen LogP contribution in [0.4, 0.5) is 0 Å². The van der Waals surface area contributed by atoms with E-state index < -0.39 is 14.3 Å². The molecule has 0 saturated carbocycles. The predicted octanol–water partition coefficient (Wildman–Crippen LogP) is 5.28. The Hall–Kier alpha value is -3.77. The van der Waals surface area contributed by atoms with Crippen LogP contribution in [0.25, 0.3) is 10.9 Å². The topological polar surface area (TPSA) is 47.0 Å². The number of rotatable bonds is 2. The quantitative estimate of drug-likeness (QED) is 0.310. The first-order valence-electron chi connectivity index (χ1n) is 11.9. The lowest BCUT2D eigenvalue weighted by atomic mass is 9.99. The van der Waals surface area contributed by atoms with Gasteiger partial charge >= 0.3 is 0 Å². The average molecular weight is 501 g/mol. The fourth-order valence-electron chi connectivity index (χ4n) is 5.65. The zero-order valence-electron chi connectivity index (χ0n) is 19.3. The molecule has 0 spiro atoms. The van der Waals surface area contributed by atoms with Crippen molar-refractivity contribution in [3.8, 4) is 0 Å². The molecule has 2 aliphatic rings. The minimum absolute atomic E-state index is 0.712. The lowest BCUT2D eigenvalue weighted by Crippen LogP contribution is -2.28. The molecule has 0 saturated heterocycles. The van der Waals surface area contributed by atoms with E-state index in [4.69, 9.17) is 4.98 Å². The predicted molar refractivity (Wildman–Crippen MR) is 149 cm³/mol. The second-order valence-electron chi connectivity index (χ2n) is 9.02. The van der Waals surface area contributed by atoms with Gasteiger partial charge in [0.2, 0.25) is 0 Å². The summed E-state index contributed by atoms with van der Waals surface area (Å²) in [5.41, 5.74) is 3.16. The minimum Gasteiger partial charge on any atom is -0.309 e. The fraction of sp³-hybridized carbons (Fsp3) is 0. The van der Waals surface area contributed by atoms with Gasteiger partial charge in [0.25, 0.3) is 0 Å². The molecule has 0 bridgehead atoms. The van der Waals surface area contributed by atoms with Gasteiger partial charge in [-0.1, -0.05) is 109 Å². The Labute approximate surface area is 209 Å². The molecule has 4 aromatic carbocycles. The van der Waals surface area contributed by atoms with E-state index >= 15 is 9.13 Å². The molecule has 5 heteroatoms. The summed E-state index contributed by atoms with van der Waals surface area (Å²) in [6.07, 6.45) is 1.75. The third-order valence-electron chi connectivity index (χ3n) is 7.16. The average Bonchev–Trinajstić information content (AvgIpc) is 3.17. The molecular formula is C31H21NO2P2. The smallest absolute Gasteiger partial charge is 0.174 e. The summed E-state index contributed by atoms with van der Waals surface area (Å²) >= 11 is 0. The molecule has 0 radical (unpaired) electrons. The molecule has 2 atom stereocenters. The summed E-state index contributed by atoms with van der Waals surface area (Å²) in [6, 6.07) is 38.8. The van der Waals surface area contributed by atoms with Crippen molar-refractivity contribution in [3.63, 3.8) is 0 Å². The second kappa shape index (κ2) is 7.87. The molecular weight excluding hydrogens is 480 g/mol. The van der Waals surface area contributed by atoms with Gasteiger partial charge in [0.15, 0.2) is 14.3 Å². The van der Waals surface area contributed by atoms with Gasteiger partial charge in [-0.05, 0) is 23.3 Å². The SMILES string of the molecule is O=P1(c2ccccc2)C2=C(c3ccccc3P(=O)(c3ccccc3)c3ccccc32)c2ncccc21. The van der Waals surface area contributed by atoms with Gasteiger partial charge in [0, 0.05) is 43.6 Å². The zero-order chi connectivity index (χ0) is 24.3. The van der Waals surface area contributed by atoms with Crippen LogP contribution in [-0.4, -0.2) is 4.98 Å². The van der Waals surface area contributed by atoms with Crippen LogP contribution >= 0.6 is 14.3 Å². The van der Waals surface area contributed by atoms with Gasteiger partial charge in [-0.2, -0.15) is 0 Å². The van der Waals surface area contributed by atoms with Crippen molar-refractivity contribution in [2.24, 2.45) is 0 Å². The number of aromatic nitrogens is 1. The summed E-state index contributed by atoms with van der Waals surface area (Å²) in [7, 11) is -6.61. The number of pyridine rings is 1. The molecule has 0 fully saturated rings. The number of fused-ring (bicyclic) bond motifs is 6. The highest BCUT2D eigenvalue weighted by molar-refractivity contribution is 7.89. The molecule has 0 N–H and O–H groups in total. The molecule has 1 aromatic heterocycles. The van der Waals surface area contributed by atoms with Crippen molar-refractivity contribution in [2.75, 3.05) is 0 Å². The summed E-state index contributed by atoms with van der Waals surface area (Å²) < 4.78 is 30.9. The lowest BCUT2D eigenvalue weighted by molar-refractivity contribution is 0.592. The fourth-order valence-corrected chi connectivity index (χ4v) is 12.0. The molecule has 7 rings (SSSR count). The Bertz CT molecular complexity index is 1790. The first kappa shape index (κ1) is 21.5. The first-order chi connectivity index (χ1) is 17.6. The van der Waals surface area contributed by atoms with Gasteiger partial charge in [0.1, 0.15) is 0 Å². The number of hydrogen-bond donors (Lipinski definition) is 0. The largest absolute Gasteiger partial charge is 0.309 e. The van der Waals surface area contributed by atoms with Crippen LogP contribution in [0.15, 0.2) is 128 Å². The van der Waals surface area contributed by atoms with Crippen LogP contribution in [0, 0.1) is 0 Å². The molecule has 3 heterocycles. The summed E-state index contributed by atoms with van der Waals surface area (Å²) in [5, 5.41) is 4.47. The van der Waals surface area contributed by atoms with E-state index in [0.717, 1.165) is 48.5 Å². The van der Waals surface area contributed by atoms with Gasteiger partial charge in [-0.15, -0.1) is 0 Å². The maximum atomic E-state index is 15.5. The highest BCUT2D eigenvalue weighted by Gasteiger charge is 2.49. The molecule has 2 aliphatic heterocycles. The van der Waals surface area contributed by atoms with Gasteiger partial charge in [-0.3, -0.25) is 4.98 Å². The summed E-state index contributed by atoms with van der Waals surface area (Å²) in [5.74, 6) is 0. The summed E-state index contributed by atoms with van der Waals surface area (Å²) in [4.78, 5) is 4.78. The van der Waals surface area contributed by atoms with E-state index in [0.29, 0.717) is 5.69 Å². The van der Waals surface area contributed by atoms with Crippen molar-refractivity contribution in [3.05, 3.63) is 144 Å². The van der Waals surface area contributed by atoms with Crippen LogP contribution < -0.4 is 26.5 Å². The van der Waals surface area contributed by atoms with Crippen molar-refractivity contribution in [2.45, 2.75) is 0 Å². The number of nitrogens with zero attached hydrogens (tertiary/aromatic N) is 1. The third-order valence-corrected chi connectivity index (χ3v) is 13.5. The van der Waals surface area contributed by atoms with E-state index in [-0.39, 0.29) is 0 Å².